The summed E-state index contributed by atoms with van der Waals surface area (Å²) in [7, 11) is 4.24. The average Bonchev–Trinajstić information content (AvgIpc) is 2.86. The molecule has 0 aliphatic carbocycles. The number of imide groups is 1. The first-order valence-corrected chi connectivity index (χ1v) is 7.81. The van der Waals surface area contributed by atoms with Crippen LogP contribution in [0.3, 0.4) is 0 Å². The van der Waals surface area contributed by atoms with Gasteiger partial charge < -0.3 is 14.2 Å². The second-order valence-corrected chi connectivity index (χ2v) is 5.86. The van der Waals surface area contributed by atoms with E-state index in [1.54, 1.807) is 24.3 Å². The standard InChI is InChI=1S/C16H17NO6S/c1-9(15(19)23-4)17-14(18)13(24-16(17)20)8-10-5-6-11(21-2)12(7-10)22-3/h5-9H,1-4H3/b13-8+/t9-/m1/s1. The van der Waals surface area contributed by atoms with Crippen LogP contribution in [-0.2, 0) is 14.3 Å². The Bertz CT molecular complexity index is 715. The van der Waals surface area contributed by atoms with Crippen molar-refractivity contribution >= 4 is 35.0 Å². The minimum atomic E-state index is -0.973. The third-order valence-corrected chi connectivity index (χ3v) is 4.34. The number of nitrogens with zero attached hydrogens (tertiary/aromatic N) is 1. The van der Waals surface area contributed by atoms with Crippen molar-refractivity contribution in [1.82, 2.24) is 4.90 Å². The molecule has 0 unspecified atom stereocenters. The molecule has 1 aliphatic rings. The first kappa shape index (κ1) is 17.9. The van der Waals surface area contributed by atoms with Gasteiger partial charge in [0.2, 0.25) is 0 Å². The zero-order valence-corrected chi connectivity index (χ0v) is 14.5. The van der Waals surface area contributed by atoms with E-state index >= 15 is 0 Å². The molecule has 1 saturated heterocycles. The molecule has 0 aromatic heterocycles. The highest BCUT2D eigenvalue weighted by Gasteiger charge is 2.41. The molecule has 0 spiro atoms. The lowest BCUT2D eigenvalue weighted by Gasteiger charge is -2.18. The number of carbonyl (C=O) groups is 3. The van der Waals surface area contributed by atoms with E-state index in [-0.39, 0.29) is 4.91 Å². The van der Waals surface area contributed by atoms with Crippen molar-refractivity contribution in [2.75, 3.05) is 21.3 Å². The van der Waals surface area contributed by atoms with Crippen LogP contribution in [0.4, 0.5) is 4.79 Å². The number of methoxy groups -OCH3 is 3. The maximum Gasteiger partial charge on any atom is 0.328 e. The van der Waals surface area contributed by atoms with Crippen molar-refractivity contribution in [3.63, 3.8) is 0 Å². The van der Waals surface area contributed by atoms with Crippen LogP contribution in [0.2, 0.25) is 0 Å². The summed E-state index contributed by atoms with van der Waals surface area (Å²) in [5, 5.41) is -0.510. The first-order chi connectivity index (χ1) is 11.4. The highest BCUT2D eigenvalue weighted by atomic mass is 32.2. The van der Waals surface area contributed by atoms with Crippen molar-refractivity contribution in [3.05, 3.63) is 28.7 Å². The van der Waals surface area contributed by atoms with Crippen LogP contribution >= 0.6 is 11.8 Å². The molecule has 0 radical (unpaired) electrons. The molecule has 1 aromatic rings. The van der Waals surface area contributed by atoms with Crippen LogP contribution in [0.15, 0.2) is 23.1 Å². The summed E-state index contributed by atoms with van der Waals surface area (Å²) in [6.07, 6.45) is 1.57. The molecule has 24 heavy (non-hydrogen) atoms. The number of hydrogen-bond donors (Lipinski definition) is 0. The maximum absolute atomic E-state index is 12.4. The number of hydrogen-bond acceptors (Lipinski definition) is 7. The van der Waals surface area contributed by atoms with Crippen molar-refractivity contribution in [1.29, 1.82) is 0 Å². The molecule has 1 atom stereocenters. The van der Waals surface area contributed by atoms with Crippen molar-refractivity contribution in [2.24, 2.45) is 0 Å². The lowest BCUT2D eigenvalue weighted by molar-refractivity contribution is -0.148. The van der Waals surface area contributed by atoms with Gasteiger partial charge in [0.1, 0.15) is 6.04 Å². The van der Waals surface area contributed by atoms with E-state index in [0.29, 0.717) is 17.1 Å². The molecule has 1 heterocycles. The quantitative estimate of drug-likeness (QED) is 0.594. The van der Waals surface area contributed by atoms with E-state index in [9.17, 15) is 14.4 Å². The van der Waals surface area contributed by atoms with Gasteiger partial charge in [-0.05, 0) is 42.5 Å². The van der Waals surface area contributed by atoms with E-state index in [1.807, 2.05) is 0 Å². The topological polar surface area (TPSA) is 82.1 Å². The Kier molecular flexibility index (Phi) is 5.50. The van der Waals surface area contributed by atoms with E-state index < -0.39 is 23.2 Å². The normalized spacial score (nSPS) is 17.2. The Morgan fingerprint density at radius 3 is 2.42 bits per heavy atom. The molecule has 8 heteroatoms. The zero-order chi connectivity index (χ0) is 17.9. The third-order valence-electron chi connectivity index (χ3n) is 3.46. The number of ether oxygens (including phenoxy) is 3. The Hall–Kier alpha value is -2.48. The fourth-order valence-corrected chi connectivity index (χ4v) is 3.09. The van der Waals surface area contributed by atoms with Crippen molar-refractivity contribution < 1.29 is 28.6 Å². The third kappa shape index (κ3) is 3.38. The predicted octanol–water partition coefficient (Wildman–Crippen LogP) is 2.30. The monoisotopic (exact) mass is 351 g/mol. The second-order valence-electron chi connectivity index (χ2n) is 4.87. The summed E-state index contributed by atoms with van der Waals surface area (Å²) in [5.74, 6) is -0.113. The molecule has 1 aromatic carbocycles. The van der Waals surface area contributed by atoms with Crippen LogP contribution < -0.4 is 9.47 Å². The number of benzene rings is 1. The summed E-state index contributed by atoms with van der Waals surface area (Å²) in [6.45, 7) is 1.45. The number of esters is 1. The van der Waals surface area contributed by atoms with Gasteiger partial charge in [0.05, 0.1) is 26.2 Å². The smallest absolute Gasteiger partial charge is 0.328 e. The van der Waals surface area contributed by atoms with E-state index in [2.05, 4.69) is 4.74 Å². The second kappa shape index (κ2) is 7.39. The van der Waals surface area contributed by atoms with Crippen LogP contribution in [0.1, 0.15) is 12.5 Å². The fourth-order valence-electron chi connectivity index (χ4n) is 2.18. The molecule has 1 fully saturated rings. The van der Waals surface area contributed by atoms with Gasteiger partial charge >= 0.3 is 5.97 Å². The van der Waals surface area contributed by atoms with E-state index in [4.69, 9.17) is 9.47 Å². The highest BCUT2D eigenvalue weighted by molar-refractivity contribution is 8.18. The van der Waals surface area contributed by atoms with Crippen molar-refractivity contribution in [2.45, 2.75) is 13.0 Å². The summed E-state index contributed by atoms with van der Waals surface area (Å²) < 4.78 is 15.0. The summed E-state index contributed by atoms with van der Waals surface area (Å²) in [4.78, 5) is 37.2. The molecular weight excluding hydrogens is 334 g/mol. The minimum absolute atomic E-state index is 0.225. The largest absolute Gasteiger partial charge is 0.493 e. The lowest BCUT2D eigenvalue weighted by Crippen LogP contribution is -2.42. The van der Waals surface area contributed by atoms with Gasteiger partial charge in [0.25, 0.3) is 11.1 Å². The van der Waals surface area contributed by atoms with Gasteiger partial charge in [0, 0.05) is 0 Å². The molecule has 0 bridgehead atoms. The zero-order valence-electron chi connectivity index (χ0n) is 13.7. The summed E-state index contributed by atoms with van der Waals surface area (Å²) in [6, 6.07) is 4.15. The Morgan fingerprint density at radius 1 is 1.17 bits per heavy atom. The molecule has 0 N–H and O–H groups in total. The molecule has 2 amide bonds. The Balaban J connectivity index is 2.30. The van der Waals surface area contributed by atoms with Crippen LogP contribution in [0, 0.1) is 0 Å². The van der Waals surface area contributed by atoms with E-state index in [1.165, 1.54) is 28.3 Å². The fraction of sp³-hybridized carbons (Fsp3) is 0.312. The molecule has 1 aliphatic heterocycles. The van der Waals surface area contributed by atoms with Gasteiger partial charge in [-0.2, -0.15) is 0 Å². The predicted molar refractivity (Wildman–Crippen MR) is 88.8 cm³/mol. The van der Waals surface area contributed by atoms with Gasteiger partial charge in [-0.3, -0.25) is 14.5 Å². The minimum Gasteiger partial charge on any atom is -0.493 e. The van der Waals surface area contributed by atoms with Gasteiger partial charge in [0.15, 0.2) is 11.5 Å². The van der Waals surface area contributed by atoms with Crippen LogP contribution in [-0.4, -0.2) is 49.4 Å². The number of carbonyl (C=O) groups excluding carboxylic acids is 3. The van der Waals surface area contributed by atoms with Gasteiger partial charge in [-0.1, -0.05) is 6.07 Å². The van der Waals surface area contributed by atoms with Crippen LogP contribution in [0.25, 0.3) is 6.08 Å². The van der Waals surface area contributed by atoms with Crippen LogP contribution in [0.5, 0.6) is 11.5 Å². The molecule has 0 saturated carbocycles. The SMILES string of the molecule is COC(=O)[C@@H](C)N1C(=O)S/C(=C/c2ccc(OC)c(OC)c2)C1=O. The first-order valence-electron chi connectivity index (χ1n) is 6.99. The highest BCUT2D eigenvalue weighted by Crippen LogP contribution is 2.35. The molecule has 2 rings (SSSR count). The number of rotatable bonds is 5. The summed E-state index contributed by atoms with van der Waals surface area (Å²) >= 11 is 0.775. The number of thioether (sulfide) groups is 1. The van der Waals surface area contributed by atoms with E-state index in [0.717, 1.165) is 16.7 Å². The Labute approximate surface area is 143 Å². The average molecular weight is 351 g/mol. The van der Waals surface area contributed by atoms with Gasteiger partial charge in [-0.25, -0.2) is 4.79 Å². The lowest BCUT2D eigenvalue weighted by atomic mass is 10.1. The maximum atomic E-state index is 12.4. The number of amides is 2. The Morgan fingerprint density at radius 2 is 1.83 bits per heavy atom. The molecule has 7 nitrogen and oxygen atoms in total. The van der Waals surface area contributed by atoms with Gasteiger partial charge in [-0.15, -0.1) is 0 Å². The summed E-state index contributed by atoms with van der Waals surface area (Å²) in [5.41, 5.74) is 0.670. The molecule has 128 valence electrons. The van der Waals surface area contributed by atoms with Crippen molar-refractivity contribution in [3.8, 4) is 11.5 Å². The molecular formula is C16H17NO6S.